The lowest BCUT2D eigenvalue weighted by Gasteiger charge is -2.28. The summed E-state index contributed by atoms with van der Waals surface area (Å²) in [6.45, 7) is 0. The van der Waals surface area contributed by atoms with Gasteiger partial charge in [-0.25, -0.2) is 0 Å². The minimum absolute atomic E-state index is 0.845. The Bertz CT molecular complexity index is 2970. The number of para-hydroxylation sites is 1. The topological polar surface area (TPSA) is 29.5 Å². The van der Waals surface area contributed by atoms with Gasteiger partial charge in [-0.3, -0.25) is 0 Å². The molecule has 0 atom stereocenters. The van der Waals surface area contributed by atoms with Crippen molar-refractivity contribution in [3.8, 4) is 33.4 Å². The summed E-state index contributed by atoms with van der Waals surface area (Å²) in [7, 11) is 0. The van der Waals surface area contributed by atoms with Crippen molar-refractivity contribution in [2.75, 3.05) is 4.90 Å². The molecule has 0 N–H and O–H groups in total. The average Bonchev–Trinajstić information content (AvgIpc) is 3.89. The largest absolute Gasteiger partial charge is 0.456 e. The van der Waals surface area contributed by atoms with Gasteiger partial charge in [0.1, 0.15) is 22.3 Å². The van der Waals surface area contributed by atoms with Gasteiger partial charge in [0.15, 0.2) is 0 Å². The zero-order valence-corrected chi connectivity index (χ0v) is 28.2. The van der Waals surface area contributed by atoms with Gasteiger partial charge in [0.05, 0.1) is 5.69 Å². The number of nitrogens with zero attached hydrogens (tertiary/aromatic N) is 1. The molecule has 0 unspecified atom stereocenters. The molecule has 0 aliphatic heterocycles. The average molecular weight is 666 g/mol. The molecule has 0 saturated carbocycles. The van der Waals surface area contributed by atoms with E-state index < -0.39 is 0 Å². The Morgan fingerprint density at radius 1 is 0.423 bits per heavy atom. The van der Waals surface area contributed by atoms with Gasteiger partial charge in [-0.05, 0) is 87.5 Å². The van der Waals surface area contributed by atoms with Crippen molar-refractivity contribution < 1.29 is 8.83 Å². The minimum Gasteiger partial charge on any atom is -0.456 e. The molecule has 0 radical (unpaired) electrons. The van der Waals surface area contributed by atoms with Gasteiger partial charge in [0, 0.05) is 44.9 Å². The first-order valence-electron chi connectivity index (χ1n) is 17.8. The highest BCUT2D eigenvalue weighted by molar-refractivity contribution is 6.23. The van der Waals surface area contributed by atoms with Crippen LogP contribution in [0.25, 0.3) is 77.3 Å². The Kier molecular flexibility index (Phi) is 6.31. The van der Waals surface area contributed by atoms with Crippen LogP contribution in [0.1, 0.15) is 11.1 Å². The van der Waals surface area contributed by atoms with Crippen LogP contribution in [0.4, 0.5) is 17.1 Å². The number of furan rings is 2. The van der Waals surface area contributed by atoms with E-state index in [9.17, 15) is 0 Å². The van der Waals surface area contributed by atoms with Crippen molar-refractivity contribution in [3.05, 3.63) is 187 Å². The van der Waals surface area contributed by atoms with Gasteiger partial charge >= 0.3 is 0 Å². The molecule has 2 aromatic heterocycles. The molecule has 11 rings (SSSR count). The van der Waals surface area contributed by atoms with Crippen LogP contribution in [-0.4, -0.2) is 0 Å². The molecule has 0 spiro atoms. The summed E-state index contributed by atoms with van der Waals surface area (Å²) in [6.07, 6.45) is 0.891. The second-order valence-corrected chi connectivity index (χ2v) is 13.6. The lowest BCUT2D eigenvalue weighted by Crippen LogP contribution is -2.12. The monoisotopic (exact) mass is 665 g/mol. The van der Waals surface area contributed by atoms with E-state index in [-0.39, 0.29) is 0 Å². The first-order valence-corrected chi connectivity index (χ1v) is 17.8. The summed E-state index contributed by atoms with van der Waals surface area (Å²) in [5, 5.41) is 4.25. The zero-order chi connectivity index (χ0) is 34.2. The number of anilines is 3. The van der Waals surface area contributed by atoms with E-state index in [1.54, 1.807) is 0 Å². The summed E-state index contributed by atoms with van der Waals surface area (Å²) in [4.78, 5) is 2.41. The van der Waals surface area contributed by atoms with Crippen LogP contribution >= 0.6 is 0 Å². The second-order valence-electron chi connectivity index (χ2n) is 13.6. The predicted molar refractivity (Wildman–Crippen MR) is 215 cm³/mol. The molecular formula is C49H31NO2. The van der Waals surface area contributed by atoms with E-state index in [4.69, 9.17) is 8.83 Å². The molecule has 2 heterocycles. The molecule has 0 saturated heterocycles. The van der Waals surface area contributed by atoms with E-state index >= 15 is 0 Å². The highest BCUT2D eigenvalue weighted by Crippen LogP contribution is 2.49. The van der Waals surface area contributed by atoms with Gasteiger partial charge in [-0.1, -0.05) is 127 Å². The summed E-state index contributed by atoms with van der Waals surface area (Å²) in [5.74, 6) is 0. The number of rotatable bonds is 5. The normalized spacial score (nSPS) is 12.2. The van der Waals surface area contributed by atoms with Crippen molar-refractivity contribution in [2.24, 2.45) is 0 Å². The Morgan fingerprint density at radius 3 is 1.94 bits per heavy atom. The van der Waals surface area contributed by atoms with Crippen LogP contribution in [-0.2, 0) is 6.42 Å². The molecule has 1 aliphatic rings. The number of fused-ring (bicyclic) bond motifs is 9. The zero-order valence-electron chi connectivity index (χ0n) is 28.2. The minimum atomic E-state index is 0.845. The molecule has 10 aromatic rings. The standard InChI is InChI=1S/C49H31NO2/c1-3-12-31(13-4-1)32-22-24-35(25-23-32)50(43-20-11-19-38-37-17-8-7-16-34(37)28-40(38)43)36-26-27-45-41(29-36)42-30-46-48(39-18-9-10-21-44(39)51-46)47(49(42)52-45)33-14-5-2-6-15-33/h1-27,29-30H,28H2. The first kappa shape index (κ1) is 28.9. The molecule has 3 nitrogen and oxygen atoms in total. The Morgan fingerprint density at radius 2 is 1.10 bits per heavy atom. The van der Waals surface area contributed by atoms with Gasteiger partial charge in [0.2, 0.25) is 0 Å². The maximum atomic E-state index is 6.83. The quantitative estimate of drug-likeness (QED) is 0.183. The highest BCUT2D eigenvalue weighted by atomic mass is 16.3. The number of hydrogen-bond acceptors (Lipinski definition) is 3. The van der Waals surface area contributed by atoms with Gasteiger partial charge < -0.3 is 13.7 Å². The van der Waals surface area contributed by atoms with Crippen LogP contribution in [0.2, 0.25) is 0 Å². The first-order chi connectivity index (χ1) is 25.8. The SMILES string of the molecule is c1ccc(-c2ccc(N(c3ccc4oc5c(-c6ccccc6)c6c(cc5c4c3)oc3ccccc36)c3cccc4c3Cc3ccccc3-4)cc2)cc1. The molecule has 8 aromatic carbocycles. The fourth-order valence-corrected chi connectivity index (χ4v) is 8.33. The van der Waals surface area contributed by atoms with Crippen LogP contribution < -0.4 is 4.90 Å². The third-order valence-electron chi connectivity index (χ3n) is 10.7. The lowest BCUT2D eigenvalue weighted by atomic mass is 9.96. The fraction of sp³-hybridized carbons (Fsp3) is 0.0204. The Labute approximate surface area is 300 Å². The van der Waals surface area contributed by atoms with Crippen molar-refractivity contribution in [1.29, 1.82) is 0 Å². The Balaban J connectivity index is 1.15. The van der Waals surface area contributed by atoms with E-state index in [2.05, 4.69) is 169 Å². The molecule has 3 heteroatoms. The van der Waals surface area contributed by atoms with Crippen LogP contribution in [0.15, 0.2) is 185 Å². The van der Waals surface area contributed by atoms with E-state index in [0.29, 0.717) is 0 Å². The van der Waals surface area contributed by atoms with Crippen molar-refractivity contribution >= 4 is 60.9 Å². The lowest BCUT2D eigenvalue weighted by molar-refractivity contribution is 0.664. The van der Waals surface area contributed by atoms with Crippen molar-refractivity contribution in [1.82, 2.24) is 0 Å². The summed E-state index contributed by atoms with van der Waals surface area (Å²) in [5.41, 5.74) is 16.7. The van der Waals surface area contributed by atoms with Crippen LogP contribution in [0.5, 0.6) is 0 Å². The smallest absolute Gasteiger partial charge is 0.144 e. The molecule has 0 bridgehead atoms. The maximum Gasteiger partial charge on any atom is 0.144 e. The maximum absolute atomic E-state index is 6.83. The van der Waals surface area contributed by atoms with Crippen molar-refractivity contribution in [2.45, 2.75) is 6.42 Å². The fourth-order valence-electron chi connectivity index (χ4n) is 8.33. The van der Waals surface area contributed by atoms with Crippen LogP contribution in [0, 0.1) is 0 Å². The van der Waals surface area contributed by atoms with Crippen LogP contribution in [0.3, 0.4) is 0 Å². The summed E-state index contributed by atoms with van der Waals surface area (Å²) >= 11 is 0. The second kappa shape index (κ2) is 11.3. The van der Waals surface area contributed by atoms with Gasteiger partial charge in [-0.2, -0.15) is 0 Å². The molecule has 0 amide bonds. The molecule has 52 heavy (non-hydrogen) atoms. The van der Waals surface area contributed by atoms with Gasteiger partial charge in [0.25, 0.3) is 0 Å². The molecule has 1 aliphatic carbocycles. The summed E-state index contributed by atoms with van der Waals surface area (Å²) in [6, 6.07) is 62.6. The Hall–Kier alpha value is -6.84. The number of hydrogen-bond donors (Lipinski definition) is 0. The van der Waals surface area contributed by atoms with Gasteiger partial charge in [-0.15, -0.1) is 0 Å². The van der Waals surface area contributed by atoms with E-state index in [1.807, 2.05) is 12.1 Å². The summed E-state index contributed by atoms with van der Waals surface area (Å²) < 4.78 is 13.4. The predicted octanol–water partition coefficient (Wildman–Crippen LogP) is 13.9. The van der Waals surface area contributed by atoms with E-state index in [0.717, 1.165) is 72.8 Å². The van der Waals surface area contributed by atoms with Crippen molar-refractivity contribution in [3.63, 3.8) is 0 Å². The number of benzene rings is 8. The highest BCUT2D eigenvalue weighted by Gasteiger charge is 2.26. The molecular weight excluding hydrogens is 635 g/mol. The van der Waals surface area contributed by atoms with E-state index in [1.165, 1.54) is 39.1 Å². The third kappa shape index (κ3) is 4.39. The molecule has 244 valence electrons. The third-order valence-corrected chi connectivity index (χ3v) is 10.7. The molecule has 0 fully saturated rings.